The molecule has 5 heteroatoms. The van der Waals surface area contributed by atoms with Gasteiger partial charge in [-0.3, -0.25) is 4.79 Å². The zero-order chi connectivity index (χ0) is 13.5. The molecule has 18 heavy (non-hydrogen) atoms. The molecule has 0 heterocycles. The standard InChI is InChI=1S/C13H14FNO3/c1-9(16)15-7-3-2-4-10-5-6-11(13(17)18)8-12(10)14/h2,4-6,8H,3,7H2,1H3,(H,15,16)(H,17,18). The zero-order valence-electron chi connectivity index (χ0n) is 9.94. The first kappa shape index (κ1) is 13.9. The Bertz CT molecular complexity index is 483. The normalized spacial score (nSPS) is 10.6. The highest BCUT2D eigenvalue weighted by atomic mass is 19.1. The van der Waals surface area contributed by atoms with Gasteiger partial charge in [0.2, 0.25) is 5.91 Å². The number of nitrogens with one attached hydrogen (secondary N) is 1. The SMILES string of the molecule is CC(=O)NCCC=Cc1ccc(C(=O)O)cc1F. The van der Waals surface area contributed by atoms with Crippen LogP contribution in [0.4, 0.5) is 4.39 Å². The predicted octanol–water partition coefficient (Wildman–Crippen LogP) is 2.06. The van der Waals surface area contributed by atoms with Crippen molar-refractivity contribution >= 4 is 18.0 Å². The maximum Gasteiger partial charge on any atom is 0.335 e. The third-order valence-electron chi connectivity index (χ3n) is 2.23. The van der Waals surface area contributed by atoms with Gasteiger partial charge in [-0.15, -0.1) is 0 Å². The van der Waals surface area contributed by atoms with Crippen LogP contribution in [0.5, 0.6) is 0 Å². The molecule has 0 radical (unpaired) electrons. The van der Waals surface area contributed by atoms with Gasteiger partial charge >= 0.3 is 5.97 Å². The summed E-state index contributed by atoms with van der Waals surface area (Å²) in [5.41, 5.74) is 0.241. The van der Waals surface area contributed by atoms with E-state index in [-0.39, 0.29) is 11.5 Å². The van der Waals surface area contributed by atoms with Gasteiger partial charge in [0.1, 0.15) is 5.82 Å². The van der Waals surface area contributed by atoms with Crippen LogP contribution in [0.1, 0.15) is 29.3 Å². The van der Waals surface area contributed by atoms with E-state index in [0.717, 1.165) is 6.07 Å². The maximum absolute atomic E-state index is 13.5. The number of amides is 1. The van der Waals surface area contributed by atoms with Crippen molar-refractivity contribution in [1.29, 1.82) is 0 Å². The Hall–Kier alpha value is -2.17. The van der Waals surface area contributed by atoms with Crippen molar-refractivity contribution in [2.75, 3.05) is 6.54 Å². The number of benzene rings is 1. The topological polar surface area (TPSA) is 66.4 Å². The summed E-state index contributed by atoms with van der Waals surface area (Å²) in [5, 5.41) is 11.3. The van der Waals surface area contributed by atoms with E-state index in [1.165, 1.54) is 19.1 Å². The molecule has 0 saturated heterocycles. The first-order valence-electron chi connectivity index (χ1n) is 5.44. The van der Waals surface area contributed by atoms with Crippen LogP contribution in [-0.2, 0) is 4.79 Å². The fourth-order valence-corrected chi connectivity index (χ4v) is 1.34. The summed E-state index contributed by atoms with van der Waals surface area (Å²) in [5.74, 6) is -1.85. The molecule has 96 valence electrons. The molecule has 1 amide bonds. The number of carbonyl (C=O) groups is 2. The van der Waals surface area contributed by atoms with Gasteiger partial charge in [-0.1, -0.05) is 18.2 Å². The van der Waals surface area contributed by atoms with Crippen molar-refractivity contribution in [2.24, 2.45) is 0 Å². The van der Waals surface area contributed by atoms with E-state index >= 15 is 0 Å². The quantitative estimate of drug-likeness (QED) is 0.787. The number of carboxylic acid groups (broad SMARTS) is 1. The molecule has 0 spiro atoms. The van der Waals surface area contributed by atoms with E-state index < -0.39 is 11.8 Å². The molecule has 0 aliphatic heterocycles. The zero-order valence-corrected chi connectivity index (χ0v) is 9.94. The van der Waals surface area contributed by atoms with Gasteiger partial charge in [-0.05, 0) is 18.6 Å². The average molecular weight is 251 g/mol. The van der Waals surface area contributed by atoms with Crippen molar-refractivity contribution in [3.05, 3.63) is 41.2 Å². The molecule has 0 aliphatic carbocycles. The highest BCUT2D eigenvalue weighted by Gasteiger charge is 2.05. The number of carbonyl (C=O) groups excluding carboxylic acids is 1. The number of carboxylic acids is 1. The van der Waals surface area contributed by atoms with Crippen LogP contribution in [-0.4, -0.2) is 23.5 Å². The molecular weight excluding hydrogens is 237 g/mol. The molecule has 0 saturated carbocycles. The molecule has 1 aromatic rings. The molecule has 4 nitrogen and oxygen atoms in total. The van der Waals surface area contributed by atoms with E-state index in [9.17, 15) is 14.0 Å². The second-order valence-corrected chi connectivity index (χ2v) is 3.72. The molecule has 0 aromatic heterocycles. The van der Waals surface area contributed by atoms with Gasteiger partial charge in [0.05, 0.1) is 5.56 Å². The van der Waals surface area contributed by atoms with Crippen molar-refractivity contribution in [3.63, 3.8) is 0 Å². The second-order valence-electron chi connectivity index (χ2n) is 3.72. The number of aromatic carboxylic acids is 1. The van der Waals surface area contributed by atoms with Crippen LogP contribution in [0, 0.1) is 5.82 Å². The summed E-state index contributed by atoms with van der Waals surface area (Å²) in [6, 6.07) is 3.74. The van der Waals surface area contributed by atoms with Gasteiger partial charge in [-0.25, -0.2) is 9.18 Å². The third-order valence-corrected chi connectivity index (χ3v) is 2.23. The number of hydrogen-bond donors (Lipinski definition) is 2. The van der Waals surface area contributed by atoms with E-state index in [2.05, 4.69) is 5.32 Å². The maximum atomic E-state index is 13.5. The summed E-state index contributed by atoms with van der Waals surface area (Å²) >= 11 is 0. The molecule has 0 aliphatic rings. The van der Waals surface area contributed by atoms with Crippen LogP contribution >= 0.6 is 0 Å². The smallest absolute Gasteiger partial charge is 0.335 e. The fourth-order valence-electron chi connectivity index (χ4n) is 1.34. The van der Waals surface area contributed by atoms with Crippen LogP contribution in [0.25, 0.3) is 6.08 Å². The molecule has 1 rings (SSSR count). The second kappa shape index (κ2) is 6.54. The number of hydrogen-bond acceptors (Lipinski definition) is 2. The Morgan fingerprint density at radius 3 is 2.72 bits per heavy atom. The lowest BCUT2D eigenvalue weighted by Crippen LogP contribution is -2.20. The van der Waals surface area contributed by atoms with Gasteiger partial charge in [0, 0.05) is 19.0 Å². The van der Waals surface area contributed by atoms with Crippen LogP contribution < -0.4 is 5.32 Å². The molecule has 0 unspecified atom stereocenters. The lowest BCUT2D eigenvalue weighted by molar-refractivity contribution is -0.118. The molecular formula is C13H14FNO3. The van der Waals surface area contributed by atoms with Gasteiger partial charge in [0.25, 0.3) is 0 Å². The van der Waals surface area contributed by atoms with Crippen LogP contribution in [0.3, 0.4) is 0 Å². The van der Waals surface area contributed by atoms with Gasteiger partial charge in [-0.2, -0.15) is 0 Å². The van der Waals surface area contributed by atoms with Gasteiger partial charge < -0.3 is 10.4 Å². The number of rotatable bonds is 5. The van der Waals surface area contributed by atoms with Crippen molar-refractivity contribution < 1.29 is 19.1 Å². The predicted molar refractivity (Wildman–Crippen MR) is 65.7 cm³/mol. The number of halogens is 1. The lowest BCUT2D eigenvalue weighted by atomic mass is 10.1. The summed E-state index contributed by atoms with van der Waals surface area (Å²) in [7, 11) is 0. The largest absolute Gasteiger partial charge is 0.478 e. The van der Waals surface area contributed by atoms with Crippen molar-refractivity contribution in [3.8, 4) is 0 Å². The van der Waals surface area contributed by atoms with E-state index in [1.54, 1.807) is 12.2 Å². The Kier molecular flexibility index (Phi) is 5.05. The Balaban J connectivity index is 2.59. The minimum atomic E-state index is -1.16. The highest BCUT2D eigenvalue weighted by Crippen LogP contribution is 2.12. The van der Waals surface area contributed by atoms with Crippen molar-refractivity contribution in [1.82, 2.24) is 5.32 Å². The third kappa shape index (κ3) is 4.37. The van der Waals surface area contributed by atoms with Crippen LogP contribution in [0.15, 0.2) is 24.3 Å². The van der Waals surface area contributed by atoms with E-state index in [0.29, 0.717) is 18.5 Å². The molecule has 2 N–H and O–H groups in total. The van der Waals surface area contributed by atoms with E-state index in [4.69, 9.17) is 5.11 Å². The summed E-state index contributed by atoms with van der Waals surface area (Å²) in [6.45, 7) is 1.91. The lowest BCUT2D eigenvalue weighted by Gasteiger charge is -2.00. The summed E-state index contributed by atoms with van der Waals surface area (Å²) < 4.78 is 13.5. The highest BCUT2D eigenvalue weighted by molar-refractivity contribution is 5.87. The minimum Gasteiger partial charge on any atom is -0.478 e. The van der Waals surface area contributed by atoms with Gasteiger partial charge in [0.15, 0.2) is 0 Å². The molecule has 0 bridgehead atoms. The van der Waals surface area contributed by atoms with Crippen molar-refractivity contribution in [2.45, 2.75) is 13.3 Å². The monoisotopic (exact) mass is 251 g/mol. The minimum absolute atomic E-state index is 0.0807. The molecule has 0 atom stereocenters. The first-order chi connectivity index (χ1) is 8.50. The Labute approximate surface area is 104 Å². The fraction of sp³-hybridized carbons (Fsp3) is 0.231. The molecule has 0 fully saturated rings. The molecule has 1 aromatic carbocycles. The Morgan fingerprint density at radius 1 is 1.44 bits per heavy atom. The first-order valence-corrected chi connectivity index (χ1v) is 5.44. The summed E-state index contributed by atoms with van der Waals surface area (Å²) in [6.07, 6.45) is 3.86. The van der Waals surface area contributed by atoms with Crippen LogP contribution in [0.2, 0.25) is 0 Å². The summed E-state index contributed by atoms with van der Waals surface area (Å²) in [4.78, 5) is 21.2. The average Bonchev–Trinajstić information content (AvgIpc) is 2.29. The Morgan fingerprint density at radius 2 is 2.17 bits per heavy atom. The van der Waals surface area contributed by atoms with E-state index in [1.807, 2.05) is 0 Å².